The first-order valence-electron chi connectivity index (χ1n) is 9.32. The number of carbonyl (C=O) groups is 1. The predicted molar refractivity (Wildman–Crippen MR) is 105 cm³/mol. The van der Waals surface area contributed by atoms with Crippen LogP contribution in [0.15, 0.2) is 54.6 Å². The molecule has 7 nitrogen and oxygen atoms in total. The molecule has 3 heterocycles. The number of aromatic amines is 1. The number of anilines is 1. The van der Waals surface area contributed by atoms with Gasteiger partial charge >= 0.3 is 0 Å². The highest BCUT2D eigenvalue weighted by atomic mass is 16.7. The lowest BCUT2D eigenvalue weighted by Gasteiger charge is -2.16. The molecule has 0 saturated carbocycles. The quantitative estimate of drug-likeness (QED) is 0.732. The average Bonchev–Trinajstić information content (AvgIpc) is 3.48. The Balaban J connectivity index is 1.23. The van der Waals surface area contributed by atoms with Crippen molar-refractivity contribution < 1.29 is 14.3 Å². The predicted octanol–water partition coefficient (Wildman–Crippen LogP) is 2.81. The second kappa shape index (κ2) is 6.92. The third-order valence-corrected chi connectivity index (χ3v) is 5.13. The molecule has 1 atom stereocenters. The summed E-state index contributed by atoms with van der Waals surface area (Å²) in [5.74, 6) is 2.10. The number of benzene rings is 2. The molecular weight excluding hydrogens is 356 g/mol. The van der Waals surface area contributed by atoms with Crippen molar-refractivity contribution in [3.8, 4) is 22.8 Å². The van der Waals surface area contributed by atoms with Gasteiger partial charge in [0.2, 0.25) is 6.79 Å². The molecule has 5 rings (SSSR count). The van der Waals surface area contributed by atoms with Gasteiger partial charge in [0.1, 0.15) is 0 Å². The van der Waals surface area contributed by atoms with Gasteiger partial charge in [-0.3, -0.25) is 9.89 Å². The molecule has 1 amide bonds. The van der Waals surface area contributed by atoms with E-state index in [0.29, 0.717) is 17.1 Å². The van der Waals surface area contributed by atoms with Gasteiger partial charge in [0.25, 0.3) is 5.91 Å². The molecule has 0 radical (unpaired) electrons. The van der Waals surface area contributed by atoms with Crippen LogP contribution in [0.1, 0.15) is 16.8 Å². The van der Waals surface area contributed by atoms with E-state index >= 15 is 0 Å². The zero-order valence-corrected chi connectivity index (χ0v) is 15.2. The number of aromatic nitrogens is 2. The first kappa shape index (κ1) is 16.7. The maximum atomic E-state index is 12.6. The SMILES string of the molecule is O=C(N[C@@H]1CCN(c2cc(-c3ccccc3)[nH]n2)C1)c1ccc2c(c1)OCO2. The molecule has 3 aromatic rings. The second-order valence-corrected chi connectivity index (χ2v) is 6.98. The van der Waals surface area contributed by atoms with Crippen molar-refractivity contribution in [3.05, 3.63) is 60.2 Å². The largest absolute Gasteiger partial charge is 0.454 e. The number of hydrogen-bond donors (Lipinski definition) is 2. The fourth-order valence-electron chi connectivity index (χ4n) is 3.63. The fraction of sp³-hybridized carbons (Fsp3) is 0.238. The third kappa shape index (κ3) is 3.15. The molecule has 2 N–H and O–H groups in total. The van der Waals surface area contributed by atoms with Crippen LogP contribution < -0.4 is 19.7 Å². The van der Waals surface area contributed by atoms with Crippen molar-refractivity contribution in [2.75, 3.05) is 24.8 Å². The normalized spacial score (nSPS) is 17.7. The molecule has 142 valence electrons. The van der Waals surface area contributed by atoms with Gasteiger partial charge in [0.05, 0.1) is 5.69 Å². The third-order valence-electron chi connectivity index (χ3n) is 5.13. The molecule has 1 fully saturated rings. The smallest absolute Gasteiger partial charge is 0.251 e. The molecule has 0 aliphatic carbocycles. The second-order valence-electron chi connectivity index (χ2n) is 6.98. The Kier molecular flexibility index (Phi) is 4.12. The number of ether oxygens (including phenoxy) is 2. The van der Waals surface area contributed by atoms with Gasteiger partial charge in [-0.15, -0.1) is 0 Å². The molecule has 2 aliphatic rings. The summed E-state index contributed by atoms with van der Waals surface area (Å²) in [6.45, 7) is 1.78. The fourth-order valence-corrected chi connectivity index (χ4v) is 3.63. The lowest BCUT2D eigenvalue weighted by atomic mass is 10.1. The summed E-state index contributed by atoms with van der Waals surface area (Å²) >= 11 is 0. The summed E-state index contributed by atoms with van der Waals surface area (Å²) in [7, 11) is 0. The Morgan fingerprint density at radius 2 is 1.96 bits per heavy atom. The molecular formula is C21H20N4O3. The van der Waals surface area contributed by atoms with Crippen LogP contribution in [-0.2, 0) is 0 Å². The molecule has 0 unspecified atom stereocenters. The van der Waals surface area contributed by atoms with Crippen molar-refractivity contribution in [3.63, 3.8) is 0 Å². The van der Waals surface area contributed by atoms with E-state index in [4.69, 9.17) is 9.47 Å². The van der Waals surface area contributed by atoms with Crippen LogP contribution in [0.5, 0.6) is 11.5 Å². The molecule has 7 heteroatoms. The maximum Gasteiger partial charge on any atom is 0.251 e. The van der Waals surface area contributed by atoms with Crippen molar-refractivity contribution in [2.24, 2.45) is 0 Å². The van der Waals surface area contributed by atoms with Gasteiger partial charge < -0.3 is 19.7 Å². The zero-order chi connectivity index (χ0) is 18.9. The minimum absolute atomic E-state index is 0.0785. The average molecular weight is 376 g/mol. The standard InChI is InChI=1S/C21H20N4O3/c26-21(15-6-7-18-19(10-15)28-13-27-18)22-16-8-9-25(12-16)20-11-17(23-24-20)14-4-2-1-3-5-14/h1-7,10-11,16H,8-9,12-13H2,(H,22,26)(H,23,24)/t16-/m1/s1. The summed E-state index contributed by atoms with van der Waals surface area (Å²) in [4.78, 5) is 14.8. The number of nitrogens with zero attached hydrogens (tertiary/aromatic N) is 2. The number of nitrogens with one attached hydrogen (secondary N) is 2. The highest BCUT2D eigenvalue weighted by molar-refractivity contribution is 5.95. The van der Waals surface area contributed by atoms with Gasteiger partial charge in [-0.2, -0.15) is 5.10 Å². The Hall–Kier alpha value is -3.48. The van der Waals surface area contributed by atoms with E-state index in [9.17, 15) is 4.79 Å². The van der Waals surface area contributed by atoms with Crippen LogP contribution in [0, 0.1) is 0 Å². The van der Waals surface area contributed by atoms with Crippen LogP contribution in [0.2, 0.25) is 0 Å². The van der Waals surface area contributed by atoms with Crippen LogP contribution in [0.25, 0.3) is 11.3 Å². The van der Waals surface area contributed by atoms with Crippen molar-refractivity contribution >= 4 is 11.7 Å². The van der Waals surface area contributed by atoms with E-state index in [1.165, 1.54) is 0 Å². The number of fused-ring (bicyclic) bond motifs is 1. The summed E-state index contributed by atoms with van der Waals surface area (Å²) < 4.78 is 10.6. The van der Waals surface area contributed by atoms with Crippen LogP contribution in [0.4, 0.5) is 5.82 Å². The van der Waals surface area contributed by atoms with Gasteiger partial charge in [0.15, 0.2) is 17.3 Å². The molecule has 0 bridgehead atoms. The van der Waals surface area contributed by atoms with Gasteiger partial charge in [0, 0.05) is 30.8 Å². The molecule has 1 aromatic heterocycles. The van der Waals surface area contributed by atoms with E-state index in [0.717, 1.165) is 36.6 Å². The molecule has 1 saturated heterocycles. The summed E-state index contributed by atoms with van der Waals surface area (Å²) in [5.41, 5.74) is 2.67. The molecule has 0 spiro atoms. The van der Waals surface area contributed by atoms with Crippen LogP contribution >= 0.6 is 0 Å². The highest BCUT2D eigenvalue weighted by Crippen LogP contribution is 2.32. The monoisotopic (exact) mass is 376 g/mol. The first-order chi connectivity index (χ1) is 13.8. The van der Waals surface area contributed by atoms with Gasteiger partial charge in [-0.05, 0) is 30.2 Å². The van der Waals surface area contributed by atoms with E-state index in [-0.39, 0.29) is 18.7 Å². The first-order valence-corrected chi connectivity index (χ1v) is 9.32. The van der Waals surface area contributed by atoms with Crippen molar-refractivity contribution in [1.82, 2.24) is 15.5 Å². The Bertz CT molecular complexity index is 1000. The summed E-state index contributed by atoms with van der Waals surface area (Å²) in [6.07, 6.45) is 0.879. The summed E-state index contributed by atoms with van der Waals surface area (Å²) in [6, 6.07) is 17.5. The summed E-state index contributed by atoms with van der Waals surface area (Å²) in [5, 5.41) is 10.7. The Morgan fingerprint density at radius 3 is 2.86 bits per heavy atom. The van der Waals surface area contributed by atoms with Gasteiger partial charge in [-0.25, -0.2) is 0 Å². The molecule has 2 aromatic carbocycles. The number of carbonyl (C=O) groups excluding carboxylic acids is 1. The minimum atomic E-state index is -0.0999. The van der Waals surface area contributed by atoms with E-state index in [1.54, 1.807) is 18.2 Å². The van der Waals surface area contributed by atoms with Crippen LogP contribution in [0.3, 0.4) is 0 Å². The van der Waals surface area contributed by atoms with E-state index in [2.05, 4.69) is 38.6 Å². The number of H-pyrrole nitrogens is 1. The topological polar surface area (TPSA) is 79.5 Å². The van der Waals surface area contributed by atoms with Crippen LogP contribution in [-0.4, -0.2) is 42.0 Å². The Morgan fingerprint density at radius 1 is 1.11 bits per heavy atom. The van der Waals surface area contributed by atoms with E-state index in [1.807, 2.05) is 18.2 Å². The zero-order valence-electron chi connectivity index (χ0n) is 15.2. The van der Waals surface area contributed by atoms with Crippen molar-refractivity contribution in [1.29, 1.82) is 0 Å². The molecule has 2 aliphatic heterocycles. The Labute approximate surface area is 162 Å². The minimum Gasteiger partial charge on any atom is -0.454 e. The lowest BCUT2D eigenvalue weighted by Crippen LogP contribution is -2.37. The number of hydrogen-bond acceptors (Lipinski definition) is 5. The van der Waals surface area contributed by atoms with Gasteiger partial charge in [-0.1, -0.05) is 30.3 Å². The van der Waals surface area contributed by atoms with Crippen molar-refractivity contribution in [2.45, 2.75) is 12.5 Å². The van der Waals surface area contributed by atoms with E-state index < -0.39 is 0 Å². The highest BCUT2D eigenvalue weighted by Gasteiger charge is 2.26. The molecule has 28 heavy (non-hydrogen) atoms. The number of rotatable bonds is 4. The number of amides is 1. The lowest BCUT2D eigenvalue weighted by molar-refractivity contribution is 0.0940. The maximum absolute atomic E-state index is 12.6.